The number of benzene rings is 3. The van der Waals surface area contributed by atoms with E-state index in [2.05, 4.69) is 22.8 Å². The van der Waals surface area contributed by atoms with E-state index in [-0.39, 0.29) is 25.5 Å². The standard InChI is InChI=1S/C27H26N2O5/c30-24(31)15-8-16-28-26(32)25(18-9-2-1-3-10-18)29-27(33)34-17-23-21-13-6-4-11-19(21)20-12-5-7-14-22(20)23/h1-7,9-14,23,25H,8,15-17H2,(H,28,32)(H,29,33)(H,30,31)/t25-/m1/s1. The van der Waals surface area contributed by atoms with Crippen molar-refractivity contribution < 1.29 is 24.2 Å². The third kappa shape index (κ3) is 5.26. The zero-order valence-corrected chi connectivity index (χ0v) is 18.6. The Morgan fingerprint density at radius 1 is 0.853 bits per heavy atom. The van der Waals surface area contributed by atoms with Crippen molar-refractivity contribution in [3.05, 3.63) is 95.6 Å². The van der Waals surface area contributed by atoms with Gasteiger partial charge in [-0.25, -0.2) is 4.79 Å². The number of amides is 2. The molecular formula is C27H26N2O5. The van der Waals surface area contributed by atoms with Crippen LogP contribution in [0.25, 0.3) is 11.1 Å². The molecule has 0 aromatic heterocycles. The van der Waals surface area contributed by atoms with Crippen LogP contribution >= 0.6 is 0 Å². The molecule has 34 heavy (non-hydrogen) atoms. The summed E-state index contributed by atoms with van der Waals surface area (Å²) < 4.78 is 5.59. The minimum atomic E-state index is -0.957. The maximum atomic E-state index is 12.8. The maximum Gasteiger partial charge on any atom is 0.408 e. The lowest BCUT2D eigenvalue weighted by Crippen LogP contribution is -2.41. The summed E-state index contributed by atoms with van der Waals surface area (Å²) in [4.78, 5) is 36.2. The second kappa shape index (κ2) is 10.7. The van der Waals surface area contributed by atoms with E-state index < -0.39 is 24.0 Å². The largest absolute Gasteiger partial charge is 0.481 e. The van der Waals surface area contributed by atoms with E-state index in [1.165, 1.54) is 0 Å². The zero-order valence-electron chi connectivity index (χ0n) is 18.6. The van der Waals surface area contributed by atoms with Crippen LogP contribution in [-0.4, -0.2) is 36.2 Å². The molecule has 1 aliphatic rings. The molecule has 1 atom stereocenters. The van der Waals surface area contributed by atoms with Gasteiger partial charge >= 0.3 is 12.1 Å². The van der Waals surface area contributed by atoms with Crippen LogP contribution in [0.5, 0.6) is 0 Å². The van der Waals surface area contributed by atoms with Crippen molar-refractivity contribution in [3.8, 4) is 11.1 Å². The molecular weight excluding hydrogens is 432 g/mol. The molecule has 0 spiro atoms. The summed E-state index contributed by atoms with van der Waals surface area (Å²) in [7, 11) is 0. The van der Waals surface area contributed by atoms with E-state index in [9.17, 15) is 14.4 Å². The average Bonchev–Trinajstić information content (AvgIpc) is 3.18. The SMILES string of the molecule is O=C(O)CCCNC(=O)[C@H](NC(=O)OCC1c2ccccc2-c2ccccc21)c1ccccc1. The first kappa shape index (κ1) is 23.0. The molecule has 2 amide bonds. The molecule has 3 aromatic rings. The highest BCUT2D eigenvalue weighted by atomic mass is 16.5. The number of alkyl carbamates (subject to hydrolysis) is 1. The number of nitrogens with one attached hydrogen (secondary N) is 2. The van der Waals surface area contributed by atoms with Gasteiger partial charge in [0.2, 0.25) is 5.91 Å². The normalized spacial score (nSPS) is 12.8. The van der Waals surface area contributed by atoms with Gasteiger partial charge in [-0.1, -0.05) is 78.9 Å². The van der Waals surface area contributed by atoms with Crippen molar-refractivity contribution in [2.24, 2.45) is 0 Å². The summed E-state index contributed by atoms with van der Waals surface area (Å²) in [5.74, 6) is -1.44. The molecule has 0 fully saturated rings. The highest BCUT2D eigenvalue weighted by molar-refractivity contribution is 5.87. The molecule has 0 unspecified atom stereocenters. The fourth-order valence-electron chi connectivity index (χ4n) is 4.26. The number of carboxylic acids is 1. The number of hydrogen-bond acceptors (Lipinski definition) is 4. The predicted octanol–water partition coefficient (Wildman–Crippen LogP) is 4.25. The first-order valence-electron chi connectivity index (χ1n) is 11.2. The zero-order chi connectivity index (χ0) is 23.9. The fourth-order valence-corrected chi connectivity index (χ4v) is 4.26. The summed E-state index contributed by atoms with van der Waals surface area (Å²) in [5, 5.41) is 14.1. The number of rotatable bonds is 9. The van der Waals surface area contributed by atoms with Crippen LogP contribution in [0.15, 0.2) is 78.9 Å². The van der Waals surface area contributed by atoms with Crippen molar-refractivity contribution in [2.75, 3.05) is 13.2 Å². The first-order chi connectivity index (χ1) is 16.5. The van der Waals surface area contributed by atoms with Crippen LogP contribution < -0.4 is 10.6 Å². The van der Waals surface area contributed by atoms with Crippen molar-refractivity contribution in [1.82, 2.24) is 10.6 Å². The highest BCUT2D eigenvalue weighted by Crippen LogP contribution is 2.44. The van der Waals surface area contributed by atoms with E-state index in [4.69, 9.17) is 9.84 Å². The molecule has 0 aliphatic heterocycles. The summed E-state index contributed by atoms with van der Waals surface area (Å²) in [6.45, 7) is 0.336. The quantitative estimate of drug-likeness (QED) is 0.416. The van der Waals surface area contributed by atoms with Gasteiger partial charge in [0.1, 0.15) is 12.6 Å². The van der Waals surface area contributed by atoms with Gasteiger partial charge in [-0.2, -0.15) is 0 Å². The Morgan fingerprint density at radius 2 is 1.44 bits per heavy atom. The lowest BCUT2D eigenvalue weighted by atomic mass is 9.98. The van der Waals surface area contributed by atoms with E-state index in [1.807, 2.05) is 42.5 Å². The van der Waals surface area contributed by atoms with Crippen LogP contribution in [0, 0.1) is 0 Å². The maximum absolute atomic E-state index is 12.8. The van der Waals surface area contributed by atoms with Crippen molar-refractivity contribution in [1.29, 1.82) is 0 Å². The molecule has 0 bridgehead atoms. The van der Waals surface area contributed by atoms with E-state index in [0.29, 0.717) is 12.0 Å². The Hall–Kier alpha value is -4.13. The minimum Gasteiger partial charge on any atom is -0.481 e. The molecule has 3 aromatic carbocycles. The number of aliphatic carboxylic acids is 1. The number of ether oxygens (including phenoxy) is 1. The molecule has 0 radical (unpaired) electrons. The first-order valence-corrected chi connectivity index (χ1v) is 11.2. The van der Waals surface area contributed by atoms with Gasteiger partial charge in [-0.3, -0.25) is 9.59 Å². The molecule has 0 saturated carbocycles. The lowest BCUT2D eigenvalue weighted by Gasteiger charge is -2.20. The van der Waals surface area contributed by atoms with Crippen molar-refractivity contribution in [2.45, 2.75) is 24.8 Å². The molecule has 7 nitrogen and oxygen atoms in total. The highest BCUT2D eigenvalue weighted by Gasteiger charge is 2.30. The molecule has 3 N–H and O–H groups in total. The van der Waals surface area contributed by atoms with Crippen LogP contribution in [0.2, 0.25) is 0 Å². The third-order valence-corrected chi connectivity index (χ3v) is 5.87. The smallest absolute Gasteiger partial charge is 0.408 e. The Balaban J connectivity index is 1.42. The summed E-state index contributed by atoms with van der Waals surface area (Å²) in [6, 6.07) is 24.0. The Morgan fingerprint density at radius 3 is 2.06 bits per heavy atom. The predicted molar refractivity (Wildman–Crippen MR) is 127 cm³/mol. The average molecular weight is 459 g/mol. The van der Waals surface area contributed by atoms with Crippen molar-refractivity contribution in [3.63, 3.8) is 0 Å². The van der Waals surface area contributed by atoms with Gasteiger partial charge in [-0.05, 0) is 34.2 Å². The van der Waals surface area contributed by atoms with Crippen LogP contribution in [0.3, 0.4) is 0 Å². The minimum absolute atomic E-state index is 0.0455. The number of carboxylic acid groups (broad SMARTS) is 1. The Bertz CT molecular complexity index is 1130. The number of fused-ring (bicyclic) bond motifs is 3. The number of hydrogen-bond donors (Lipinski definition) is 3. The Kier molecular flexibility index (Phi) is 7.22. The van der Waals surface area contributed by atoms with Gasteiger partial charge in [0.05, 0.1) is 0 Å². The molecule has 174 valence electrons. The molecule has 1 aliphatic carbocycles. The number of carbonyl (C=O) groups excluding carboxylic acids is 2. The Labute approximate surface area is 197 Å². The summed E-state index contributed by atoms with van der Waals surface area (Å²) in [5.41, 5.74) is 5.08. The number of carbonyl (C=O) groups is 3. The van der Waals surface area contributed by atoms with Gasteiger partial charge in [0, 0.05) is 18.9 Å². The molecule has 0 heterocycles. The van der Waals surface area contributed by atoms with Crippen molar-refractivity contribution >= 4 is 18.0 Å². The van der Waals surface area contributed by atoms with E-state index >= 15 is 0 Å². The van der Waals surface area contributed by atoms with Crippen LogP contribution in [0.1, 0.15) is 41.5 Å². The van der Waals surface area contributed by atoms with Gasteiger partial charge < -0.3 is 20.5 Å². The van der Waals surface area contributed by atoms with Gasteiger partial charge in [-0.15, -0.1) is 0 Å². The fraction of sp³-hybridized carbons (Fsp3) is 0.222. The van der Waals surface area contributed by atoms with E-state index in [0.717, 1.165) is 22.3 Å². The lowest BCUT2D eigenvalue weighted by molar-refractivity contribution is -0.137. The molecule has 7 heteroatoms. The second-order valence-corrected chi connectivity index (χ2v) is 8.10. The monoisotopic (exact) mass is 458 g/mol. The third-order valence-electron chi connectivity index (χ3n) is 5.87. The van der Waals surface area contributed by atoms with Gasteiger partial charge in [0.25, 0.3) is 0 Å². The van der Waals surface area contributed by atoms with Gasteiger partial charge in [0.15, 0.2) is 0 Å². The summed E-state index contributed by atoms with van der Waals surface area (Å²) in [6.07, 6.45) is -0.444. The second-order valence-electron chi connectivity index (χ2n) is 8.10. The van der Waals surface area contributed by atoms with E-state index in [1.54, 1.807) is 24.3 Å². The topological polar surface area (TPSA) is 105 Å². The van der Waals surface area contributed by atoms with Crippen LogP contribution in [-0.2, 0) is 14.3 Å². The molecule has 4 rings (SSSR count). The molecule has 0 saturated heterocycles. The summed E-state index contributed by atoms with van der Waals surface area (Å²) >= 11 is 0. The van der Waals surface area contributed by atoms with Crippen LogP contribution in [0.4, 0.5) is 4.79 Å².